The van der Waals surface area contributed by atoms with Gasteiger partial charge < -0.3 is 15.2 Å². The Labute approximate surface area is 95.8 Å². The highest BCUT2D eigenvalue weighted by Gasteiger charge is 2.27. The second-order valence-electron chi connectivity index (χ2n) is 4.10. The third-order valence-electron chi connectivity index (χ3n) is 3.00. The van der Waals surface area contributed by atoms with E-state index in [0.29, 0.717) is 19.8 Å². The lowest BCUT2D eigenvalue weighted by Crippen LogP contribution is -2.46. The number of pyridine rings is 1. The zero-order chi connectivity index (χ0) is 11.4. The van der Waals surface area contributed by atoms with Crippen molar-refractivity contribution >= 4 is 0 Å². The van der Waals surface area contributed by atoms with Crippen molar-refractivity contribution in [2.45, 2.75) is 25.0 Å². The molecule has 1 saturated heterocycles. The largest absolute Gasteiger partial charge is 0.376 e. The molecule has 0 aliphatic carbocycles. The fourth-order valence-electron chi connectivity index (χ4n) is 1.89. The maximum atomic E-state index is 6.18. The number of hydrogen-bond donors (Lipinski definition) is 1. The van der Waals surface area contributed by atoms with E-state index in [0.717, 1.165) is 5.69 Å². The number of rotatable bonds is 3. The van der Waals surface area contributed by atoms with E-state index in [-0.39, 0.29) is 18.1 Å². The zero-order valence-corrected chi connectivity index (χ0v) is 9.50. The lowest BCUT2D eigenvalue weighted by Gasteiger charge is -2.31. The number of aromatic nitrogens is 1. The van der Waals surface area contributed by atoms with Gasteiger partial charge in [0.2, 0.25) is 0 Å². The first-order chi connectivity index (χ1) is 7.79. The highest BCUT2D eigenvalue weighted by Crippen LogP contribution is 2.20. The van der Waals surface area contributed by atoms with Gasteiger partial charge in [0.05, 0.1) is 25.9 Å². The topological polar surface area (TPSA) is 57.4 Å². The van der Waals surface area contributed by atoms with Crippen molar-refractivity contribution in [2.24, 2.45) is 5.73 Å². The van der Waals surface area contributed by atoms with Crippen molar-refractivity contribution < 1.29 is 9.47 Å². The molecule has 1 aliphatic rings. The molecule has 4 heteroatoms. The maximum Gasteiger partial charge on any atom is 0.0966 e. The molecule has 0 saturated carbocycles. The van der Waals surface area contributed by atoms with Crippen LogP contribution < -0.4 is 5.73 Å². The Hall–Kier alpha value is -0.970. The van der Waals surface area contributed by atoms with Crippen molar-refractivity contribution in [2.75, 3.05) is 19.8 Å². The molecule has 88 valence electrons. The molecular weight excluding hydrogens is 204 g/mol. The summed E-state index contributed by atoms with van der Waals surface area (Å²) in [6.45, 7) is 3.96. The summed E-state index contributed by atoms with van der Waals surface area (Å²) in [5.74, 6) is 0.174. The standard InChI is InChI=1S/C12H18N2O2/c1-9(10-4-2-3-5-14-10)12(13)11-8-15-6-7-16-11/h2-5,9,11-12H,6-8,13H2,1H3. The average Bonchev–Trinajstić information content (AvgIpc) is 2.39. The van der Waals surface area contributed by atoms with Gasteiger partial charge in [0.1, 0.15) is 0 Å². The summed E-state index contributed by atoms with van der Waals surface area (Å²) in [5, 5.41) is 0. The predicted octanol–water partition coefficient (Wildman–Crippen LogP) is 0.928. The number of ether oxygens (including phenoxy) is 2. The quantitative estimate of drug-likeness (QED) is 0.826. The molecule has 2 rings (SSSR count). The minimum atomic E-state index is -0.0739. The fourth-order valence-corrected chi connectivity index (χ4v) is 1.89. The molecule has 16 heavy (non-hydrogen) atoms. The Balaban J connectivity index is 2.00. The molecule has 0 spiro atoms. The molecule has 4 nitrogen and oxygen atoms in total. The molecule has 1 aliphatic heterocycles. The first-order valence-electron chi connectivity index (χ1n) is 5.65. The molecule has 1 aromatic heterocycles. The fraction of sp³-hybridized carbons (Fsp3) is 0.583. The van der Waals surface area contributed by atoms with E-state index in [1.54, 1.807) is 6.20 Å². The predicted molar refractivity (Wildman–Crippen MR) is 61.2 cm³/mol. The first-order valence-corrected chi connectivity index (χ1v) is 5.65. The Morgan fingerprint density at radius 1 is 1.44 bits per heavy atom. The van der Waals surface area contributed by atoms with E-state index in [4.69, 9.17) is 15.2 Å². The summed E-state index contributed by atoms with van der Waals surface area (Å²) >= 11 is 0. The summed E-state index contributed by atoms with van der Waals surface area (Å²) in [5.41, 5.74) is 7.18. The third kappa shape index (κ3) is 2.58. The van der Waals surface area contributed by atoms with Crippen molar-refractivity contribution in [1.29, 1.82) is 0 Å². The molecule has 0 radical (unpaired) electrons. The van der Waals surface area contributed by atoms with Crippen LogP contribution in [0.3, 0.4) is 0 Å². The number of hydrogen-bond acceptors (Lipinski definition) is 4. The average molecular weight is 222 g/mol. The van der Waals surface area contributed by atoms with E-state index >= 15 is 0 Å². The minimum absolute atomic E-state index is 0.0224. The van der Waals surface area contributed by atoms with Gasteiger partial charge in [-0.3, -0.25) is 4.98 Å². The molecule has 2 N–H and O–H groups in total. The lowest BCUT2D eigenvalue weighted by atomic mass is 9.94. The van der Waals surface area contributed by atoms with Crippen LogP contribution >= 0.6 is 0 Å². The highest BCUT2D eigenvalue weighted by atomic mass is 16.6. The van der Waals surface area contributed by atoms with E-state index < -0.39 is 0 Å². The Bertz CT molecular complexity index is 312. The van der Waals surface area contributed by atoms with Crippen molar-refractivity contribution in [3.63, 3.8) is 0 Å². The van der Waals surface area contributed by atoms with Crippen LogP contribution in [0.15, 0.2) is 24.4 Å². The molecule has 1 aromatic rings. The highest BCUT2D eigenvalue weighted by molar-refractivity contribution is 5.11. The van der Waals surface area contributed by atoms with Crippen LogP contribution in [0, 0.1) is 0 Å². The van der Waals surface area contributed by atoms with Crippen molar-refractivity contribution in [3.8, 4) is 0 Å². The van der Waals surface area contributed by atoms with Gasteiger partial charge in [0.15, 0.2) is 0 Å². The monoisotopic (exact) mass is 222 g/mol. The van der Waals surface area contributed by atoms with Crippen LogP contribution in [0.5, 0.6) is 0 Å². The number of nitrogens with two attached hydrogens (primary N) is 1. The Morgan fingerprint density at radius 2 is 2.31 bits per heavy atom. The second-order valence-corrected chi connectivity index (χ2v) is 4.10. The molecule has 0 amide bonds. The van der Waals surface area contributed by atoms with Crippen molar-refractivity contribution in [1.82, 2.24) is 4.98 Å². The normalized spacial score (nSPS) is 25.0. The van der Waals surface area contributed by atoms with Crippen LogP contribution in [0.4, 0.5) is 0 Å². The maximum absolute atomic E-state index is 6.18. The molecule has 0 aromatic carbocycles. The summed E-state index contributed by atoms with van der Waals surface area (Å²) < 4.78 is 11.0. The van der Waals surface area contributed by atoms with Gasteiger partial charge in [0.25, 0.3) is 0 Å². The number of nitrogens with zero attached hydrogens (tertiary/aromatic N) is 1. The minimum Gasteiger partial charge on any atom is -0.376 e. The second kappa shape index (κ2) is 5.39. The van der Waals surface area contributed by atoms with E-state index in [9.17, 15) is 0 Å². The van der Waals surface area contributed by atoms with E-state index in [2.05, 4.69) is 11.9 Å². The van der Waals surface area contributed by atoms with Crippen LogP contribution in [-0.4, -0.2) is 37.0 Å². The summed E-state index contributed by atoms with van der Waals surface area (Å²) in [6.07, 6.45) is 1.77. The van der Waals surface area contributed by atoms with Crippen LogP contribution in [-0.2, 0) is 9.47 Å². The van der Waals surface area contributed by atoms with Crippen LogP contribution in [0.25, 0.3) is 0 Å². The molecule has 3 atom stereocenters. The van der Waals surface area contributed by atoms with Gasteiger partial charge in [-0.15, -0.1) is 0 Å². The lowest BCUT2D eigenvalue weighted by molar-refractivity contribution is -0.0992. The van der Waals surface area contributed by atoms with Crippen LogP contribution in [0.2, 0.25) is 0 Å². The van der Waals surface area contributed by atoms with E-state index in [1.807, 2.05) is 18.2 Å². The third-order valence-corrected chi connectivity index (χ3v) is 3.00. The van der Waals surface area contributed by atoms with Gasteiger partial charge in [0, 0.05) is 23.9 Å². The smallest absolute Gasteiger partial charge is 0.0966 e. The Kier molecular flexibility index (Phi) is 3.88. The van der Waals surface area contributed by atoms with Gasteiger partial charge in [-0.25, -0.2) is 0 Å². The molecule has 0 bridgehead atoms. The summed E-state index contributed by atoms with van der Waals surface area (Å²) in [7, 11) is 0. The summed E-state index contributed by atoms with van der Waals surface area (Å²) in [4.78, 5) is 4.32. The first kappa shape index (κ1) is 11.5. The van der Waals surface area contributed by atoms with E-state index in [1.165, 1.54) is 0 Å². The van der Waals surface area contributed by atoms with Gasteiger partial charge in [-0.1, -0.05) is 13.0 Å². The molecule has 2 heterocycles. The summed E-state index contributed by atoms with van der Waals surface area (Å²) in [6, 6.07) is 5.80. The van der Waals surface area contributed by atoms with Crippen LogP contribution in [0.1, 0.15) is 18.5 Å². The Morgan fingerprint density at radius 3 is 2.94 bits per heavy atom. The van der Waals surface area contributed by atoms with Gasteiger partial charge >= 0.3 is 0 Å². The molecular formula is C12H18N2O2. The SMILES string of the molecule is CC(c1ccccn1)C(N)C1COCCO1. The zero-order valence-electron chi connectivity index (χ0n) is 9.50. The van der Waals surface area contributed by atoms with Crippen molar-refractivity contribution in [3.05, 3.63) is 30.1 Å². The molecule has 1 fully saturated rings. The van der Waals surface area contributed by atoms with Gasteiger partial charge in [-0.05, 0) is 12.1 Å². The van der Waals surface area contributed by atoms with Gasteiger partial charge in [-0.2, -0.15) is 0 Å². The molecule has 3 unspecified atom stereocenters.